The van der Waals surface area contributed by atoms with Gasteiger partial charge in [0.15, 0.2) is 0 Å². The van der Waals surface area contributed by atoms with Crippen molar-refractivity contribution in [3.63, 3.8) is 0 Å². The van der Waals surface area contributed by atoms with Crippen LogP contribution in [0.5, 0.6) is 0 Å². The Bertz CT molecular complexity index is 1200. The van der Waals surface area contributed by atoms with Gasteiger partial charge in [-0.25, -0.2) is 8.42 Å². The largest absolute Gasteiger partial charge is 0.338 e. The molecule has 1 amide bonds. The van der Waals surface area contributed by atoms with Crippen molar-refractivity contribution in [3.05, 3.63) is 113 Å². The molecular weight excluding hydrogens is 456 g/mol. The Morgan fingerprint density at radius 1 is 0.829 bits per heavy atom. The topological polar surface area (TPSA) is 57.7 Å². The molecule has 0 aromatic heterocycles. The molecule has 1 aliphatic heterocycles. The number of carbonyl (C=O) groups excluding carboxylic acids is 1. The van der Waals surface area contributed by atoms with E-state index in [0.717, 1.165) is 17.5 Å². The zero-order valence-corrected chi connectivity index (χ0v) is 20.7. The summed E-state index contributed by atoms with van der Waals surface area (Å²) >= 11 is 0. The predicted molar refractivity (Wildman–Crippen MR) is 141 cm³/mol. The summed E-state index contributed by atoms with van der Waals surface area (Å²) < 4.78 is 27.1. The molecule has 182 valence electrons. The first-order valence-corrected chi connectivity index (χ1v) is 13.6. The van der Waals surface area contributed by atoms with Crippen LogP contribution in [-0.4, -0.2) is 43.2 Å². The smallest absolute Gasteiger partial charge is 0.236 e. The van der Waals surface area contributed by atoms with Gasteiger partial charge in [-0.05, 0) is 42.0 Å². The first-order chi connectivity index (χ1) is 17.0. The summed E-state index contributed by atoms with van der Waals surface area (Å²) in [7, 11) is -3.52. The van der Waals surface area contributed by atoms with Crippen LogP contribution >= 0.6 is 0 Å². The molecule has 6 heteroatoms. The number of hydrogen-bond acceptors (Lipinski definition) is 3. The molecule has 0 unspecified atom stereocenters. The summed E-state index contributed by atoms with van der Waals surface area (Å²) in [5.41, 5.74) is 3.14. The standard InChI is InChI=1S/C29H32N2O3S/c32-29(30(24-27-14-8-3-9-15-27)20-16-25-10-4-1-5-11-25)28-17-21-31(22-18-28)35(33,34)23-19-26-12-6-2-7-13-26/h1-15,19,23,28H,16-18,20-22,24H2/b23-19+. The lowest BCUT2D eigenvalue weighted by molar-refractivity contribution is -0.137. The van der Waals surface area contributed by atoms with Crippen LogP contribution in [0.25, 0.3) is 6.08 Å². The van der Waals surface area contributed by atoms with Gasteiger partial charge in [0, 0.05) is 37.5 Å². The van der Waals surface area contributed by atoms with Crippen molar-refractivity contribution in [1.29, 1.82) is 0 Å². The number of nitrogens with zero attached hydrogens (tertiary/aromatic N) is 2. The van der Waals surface area contributed by atoms with Gasteiger partial charge in [0.05, 0.1) is 0 Å². The van der Waals surface area contributed by atoms with E-state index in [2.05, 4.69) is 12.1 Å². The van der Waals surface area contributed by atoms with Crippen LogP contribution in [0.2, 0.25) is 0 Å². The van der Waals surface area contributed by atoms with Crippen molar-refractivity contribution in [1.82, 2.24) is 9.21 Å². The maximum atomic E-state index is 13.5. The van der Waals surface area contributed by atoms with Crippen LogP contribution in [0.4, 0.5) is 0 Å². The zero-order chi connectivity index (χ0) is 24.5. The molecule has 0 aliphatic carbocycles. The highest BCUT2D eigenvalue weighted by Crippen LogP contribution is 2.24. The van der Waals surface area contributed by atoms with E-state index in [1.165, 1.54) is 15.3 Å². The number of benzene rings is 3. The SMILES string of the molecule is O=C(C1CCN(S(=O)(=O)/C=C/c2ccccc2)CC1)N(CCc1ccccc1)Cc1ccccc1. The fourth-order valence-electron chi connectivity index (χ4n) is 4.41. The Morgan fingerprint density at radius 3 is 1.97 bits per heavy atom. The number of piperidine rings is 1. The molecular formula is C29H32N2O3S. The number of rotatable bonds is 9. The van der Waals surface area contributed by atoms with Gasteiger partial charge in [-0.3, -0.25) is 4.79 Å². The van der Waals surface area contributed by atoms with E-state index in [-0.39, 0.29) is 11.8 Å². The first kappa shape index (κ1) is 24.9. The molecule has 4 rings (SSSR count). The van der Waals surface area contributed by atoms with Crippen LogP contribution in [0, 0.1) is 5.92 Å². The minimum atomic E-state index is -3.52. The third-order valence-corrected chi connectivity index (χ3v) is 8.00. The van der Waals surface area contributed by atoms with Gasteiger partial charge in [0.2, 0.25) is 15.9 Å². The molecule has 3 aromatic carbocycles. The highest BCUT2D eigenvalue weighted by molar-refractivity contribution is 7.92. The number of carbonyl (C=O) groups is 1. The Morgan fingerprint density at radius 2 is 1.37 bits per heavy atom. The monoisotopic (exact) mass is 488 g/mol. The zero-order valence-electron chi connectivity index (χ0n) is 19.9. The summed E-state index contributed by atoms with van der Waals surface area (Å²) in [5.74, 6) is -0.0549. The molecule has 0 N–H and O–H groups in total. The van der Waals surface area contributed by atoms with Crippen molar-refractivity contribution in [2.75, 3.05) is 19.6 Å². The molecule has 0 spiro atoms. The van der Waals surface area contributed by atoms with Crippen molar-refractivity contribution in [3.8, 4) is 0 Å². The van der Waals surface area contributed by atoms with Crippen LogP contribution in [0.1, 0.15) is 29.5 Å². The minimum Gasteiger partial charge on any atom is -0.338 e. The molecule has 3 aromatic rings. The Labute approximate surface area is 208 Å². The molecule has 0 bridgehead atoms. The van der Waals surface area contributed by atoms with Crippen LogP contribution < -0.4 is 0 Å². The fourth-order valence-corrected chi connectivity index (χ4v) is 5.63. The number of sulfonamides is 1. The molecule has 5 nitrogen and oxygen atoms in total. The van der Waals surface area contributed by atoms with Gasteiger partial charge < -0.3 is 4.90 Å². The Balaban J connectivity index is 1.39. The Hall–Kier alpha value is -3.22. The molecule has 0 saturated carbocycles. The van der Waals surface area contributed by atoms with E-state index in [9.17, 15) is 13.2 Å². The maximum absolute atomic E-state index is 13.5. The van der Waals surface area contributed by atoms with Gasteiger partial charge in [0.1, 0.15) is 0 Å². The second-order valence-corrected chi connectivity index (χ2v) is 10.7. The van der Waals surface area contributed by atoms with E-state index in [0.29, 0.717) is 39.0 Å². The predicted octanol–water partition coefficient (Wildman–Crippen LogP) is 4.97. The molecule has 1 aliphatic rings. The minimum absolute atomic E-state index is 0.113. The normalized spacial score (nSPS) is 15.3. The molecule has 1 fully saturated rings. The fraction of sp³-hybridized carbons (Fsp3) is 0.276. The lowest BCUT2D eigenvalue weighted by atomic mass is 9.96. The van der Waals surface area contributed by atoms with E-state index in [4.69, 9.17) is 0 Å². The van der Waals surface area contributed by atoms with E-state index >= 15 is 0 Å². The van der Waals surface area contributed by atoms with Crippen LogP contribution in [0.3, 0.4) is 0 Å². The van der Waals surface area contributed by atoms with Gasteiger partial charge in [-0.1, -0.05) is 91.0 Å². The maximum Gasteiger partial charge on any atom is 0.236 e. The van der Waals surface area contributed by atoms with E-state index < -0.39 is 10.0 Å². The lowest BCUT2D eigenvalue weighted by Crippen LogP contribution is -2.44. The summed E-state index contributed by atoms with van der Waals surface area (Å²) in [6.45, 7) is 1.91. The van der Waals surface area contributed by atoms with Crippen molar-refractivity contribution >= 4 is 22.0 Å². The first-order valence-electron chi connectivity index (χ1n) is 12.1. The number of amides is 1. The van der Waals surface area contributed by atoms with Crippen molar-refractivity contribution in [2.24, 2.45) is 5.92 Å². The van der Waals surface area contributed by atoms with Crippen LogP contribution in [-0.2, 0) is 27.8 Å². The van der Waals surface area contributed by atoms with Gasteiger partial charge in [-0.2, -0.15) is 4.31 Å². The lowest BCUT2D eigenvalue weighted by Gasteiger charge is -2.33. The molecule has 1 saturated heterocycles. The van der Waals surface area contributed by atoms with E-state index in [1.807, 2.05) is 83.8 Å². The molecule has 35 heavy (non-hydrogen) atoms. The van der Waals surface area contributed by atoms with E-state index in [1.54, 1.807) is 6.08 Å². The molecule has 1 heterocycles. The van der Waals surface area contributed by atoms with Crippen LogP contribution in [0.15, 0.2) is 96.4 Å². The van der Waals surface area contributed by atoms with Gasteiger partial charge >= 0.3 is 0 Å². The van der Waals surface area contributed by atoms with Crippen molar-refractivity contribution in [2.45, 2.75) is 25.8 Å². The number of hydrogen-bond donors (Lipinski definition) is 0. The third kappa shape index (κ3) is 7.13. The summed E-state index contributed by atoms with van der Waals surface area (Å²) in [6, 6.07) is 29.6. The summed E-state index contributed by atoms with van der Waals surface area (Å²) in [5, 5.41) is 1.27. The van der Waals surface area contributed by atoms with Gasteiger partial charge in [-0.15, -0.1) is 0 Å². The third-order valence-electron chi connectivity index (χ3n) is 6.44. The summed E-state index contributed by atoms with van der Waals surface area (Å²) in [6.07, 6.45) is 3.48. The van der Waals surface area contributed by atoms with Crippen molar-refractivity contribution < 1.29 is 13.2 Å². The quantitative estimate of drug-likeness (QED) is 0.427. The van der Waals surface area contributed by atoms with Gasteiger partial charge in [0.25, 0.3) is 0 Å². The second kappa shape index (κ2) is 12.0. The summed E-state index contributed by atoms with van der Waals surface area (Å²) in [4.78, 5) is 15.5. The highest BCUT2D eigenvalue weighted by atomic mass is 32.2. The Kier molecular flexibility index (Phi) is 8.50. The molecule has 0 atom stereocenters. The second-order valence-electron chi connectivity index (χ2n) is 8.91. The average molecular weight is 489 g/mol. The molecule has 0 radical (unpaired) electrons. The average Bonchev–Trinajstić information content (AvgIpc) is 2.91. The highest BCUT2D eigenvalue weighted by Gasteiger charge is 2.32.